The van der Waals surface area contributed by atoms with E-state index in [-0.39, 0.29) is 17.2 Å². The van der Waals surface area contributed by atoms with Gasteiger partial charge in [0.15, 0.2) is 0 Å². The molecule has 186 valence electrons. The maximum atomic E-state index is 13.1. The van der Waals surface area contributed by atoms with E-state index in [0.717, 1.165) is 17.8 Å². The van der Waals surface area contributed by atoms with Crippen molar-refractivity contribution in [2.24, 2.45) is 0 Å². The van der Waals surface area contributed by atoms with Gasteiger partial charge in [0.2, 0.25) is 0 Å². The lowest BCUT2D eigenvalue weighted by Crippen LogP contribution is -2.23. The van der Waals surface area contributed by atoms with Crippen LogP contribution in [0, 0.1) is 0 Å². The predicted octanol–water partition coefficient (Wildman–Crippen LogP) is 5.58. The number of benzene rings is 2. The Kier molecular flexibility index (Phi) is 5.87. The highest BCUT2D eigenvalue weighted by atomic mass is 19.4. The molecule has 0 aliphatic rings. The highest BCUT2D eigenvalue weighted by molar-refractivity contribution is 5.99. The molecule has 10 heteroatoms. The fraction of sp³-hybridized carbons (Fsp3) is 0.111. The van der Waals surface area contributed by atoms with Crippen LogP contribution in [0.1, 0.15) is 34.6 Å². The summed E-state index contributed by atoms with van der Waals surface area (Å²) in [5, 5.41) is 14.6. The standard InChI is InChI=1S/C27H19F3N4O3/c1-16(22-4-2-3-12-31-22)33-13-11-17(15-24(33)35)25-21-10-5-18(26(36)37)14-23(21)34(32-25)20-8-6-19(7-9-20)27(28,29)30/h2-16H,1H3,(H,36,37)/t16-/m0/s1. The minimum atomic E-state index is -4.50. The molecule has 0 saturated heterocycles. The molecule has 0 aliphatic heterocycles. The van der Waals surface area contributed by atoms with Gasteiger partial charge in [-0.3, -0.25) is 9.78 Å². The van der Waals surface area contributed by atoms with Crippen LogP contribution in [0.2, 0.25) is 0 Å². The van der Waals surface area contributed by atoms with Gasteiger partial charge in [-0.15, -0.1) is 0 Å². The second-order valence-corrected chi connectivity index (χ2v) is 8.43. The van der Waals surface area contributed by atoms with Crippen molar-refractivity contribution in [3.63, 3.8) is 0 Å². The second-order valence-electron chi connectivity index (χ2n) is 8.43. The molecule has 3 aromatic heterocycles. The Morgan fingerprint density at radius 1 is 1.00 bits per heavy atom. The molecule has 1 atom stereocenters. The maximum Gasteiger partial charge on any atom is 0.416 e. The molecular formula is C27H19F3N4O3. The second kappa shape index (κ2) is 9.05. The molecule has 0 radical (unpaired) electrons. The number of fused-ring (bicyclic) bond motifs is 1. The van der Waals surface area contributed by atoms with Crippen LogP contribution in [0.4, 0.5) is 13.2 Å². The Labute approximate surface area is 208 Å². The molecule has 0 saturated carbocycles. The number of halogens is 3. The Balaban J connectivity index is 1.63. The number of hydrogen-bond acceptors (Lipinski definition) is 4. The van der Waals surface area contributed by atoms with E-state index in [2.05, 4.69) is 10.1 Å². The van der Waals surface area contributed by atoms with Crippen LogP contribution < -0.4 is 5.56 Å². The van der Waals surface area contributed by atoms with E-state index < -0.39 is 17.7 Å². The first-order valence-electron chi connectivity index (χ1n) is 11.2. The number of carbonyl (C=O) groups is 1. The van der Waals surface area contributed by atoms with Crippen molar-refractivity contribution in [2.45, 2.75) is 19.1 Å². The summed E-state index contributed by atoms with van der Waals surface area (Å²) >= 11 is 0. The van der Waals surface area contributed by atoms with Gasteiger partial charge in [0.1, 0.15) is 5.69 Å². The van der Waals surface area contributed by atoms with E-state index in [9.17, 15) is 27.9 Å². The molecule has 0 unspecified atom stereocenters. The Bertz CT molecular complexity index is 1670. The van der Waals surface area contributed by atoms with E-state index in [1.807, 2.05) is 19.1 Å². The third-order valence-corrected chi connectivity index (χ3v) is 6.12. The van der Waals surface area contributed by atoms with Crippen LogP contribution in [0.5, 0.6) is 0 Å². The van der Waals surface area contributed by atoms with Crippen LogP contribution in [0.3, 0.4) is 0 Å². The minimum absolute atomic E-state index is 0.00767. The van der Waals surface area contributed by atoms with Gasteiger partial charge >= 0.3 is 12.1 Å². The summed E-state index contributed by atoms with van der Waals surface area (Å²) in [5.74, 6) is -1.16. The Morgan fingerprint density at radius 3 is 2.38 bits per heavy atom. The first-order valence-corrected chi connectivity index (χ1v) is 11.2. The highest BCUT2D eigenvalue weighted by Crippen LogP contribution is 2.33. The molecule has 2 aromatic carbocycles. The van der Waals surface area contributed by atoms with E-state index in [4.69, 9.17) is 0 Å². The van der Waals surface area contributed by atoms with E-state index in [0.29, 0.717) is 27.8 Å². The lowest BCUT2D eigenvalue weighted by Gasteiger charge is -2.14. The summed E-state index contributed by atoms with van der Waals surface area (Å²) in [6.45, 7) is 1.85. The van der Waals surface area contributed by atoms with Gasteiger partial charge in [-0.05, 0) is 67.6 Å². The SMILES string of the molecule is C[C@@H](c1ccccn1)n1ccc(-c2nn(-c3ccc(C(F)(F)F)cc3)c3cc(C(=O)O)ccc23)cc1=O. The number of hydrogen-bond donors (Lipinski definition) is 1. The van der Waals surface area contributed by atoms with Crippen LogP contribution >= 0.6 is 0 Å². The zero-order valence-electron chi connectivity index (χ0n) is 19.3. The van der Waals surface area contributed by atoms with Gasteiger partial charge in [0, 0.05) is 29.4 Å². The van der Waals surface area contributed by atoms with E-state index in [1.54, 1.807) is 30.6 Å². The van der Waals surface area contributed by atoms with Crippen molar-refractivity contribution >= 4 is 16.9 Å². The smallest absolute Gasteiger partial charge is 0.416 e. The lowest BCUT2D eigenvalue weighted by atomic mass is 10.1. The molecular weight excluding hydrogens is 485 g/mol. The number of carboxylic acid groups (broad SMARTS) is 1. The van der Waals surface area contributed by atoms with Gasteiger partial charge in [0.25, 0.3) is 5.56 Å². The number of alkyl halides is 3. The van der Waals surface area contributed by atoms with Crippen molar-refractivity contribution < 1.29 is 23.1 Å². The molecule has 5 rings (SSSR count). The number of carboxylic acids is 1. The Hall–Kier alpha value is -4.73. The molecule has 3 heterocycles. The predicted molar refractivity (Wildman–Crippen MR) is 131 cm³/mol. The molecule has 0 spiro atoms. The molecule has 7 nitrogen and oxygen atoms in total. The molecule has 0 aliphatic carbocycles. The van der Waals surface area contributed by atoms with Crippen molar-refractivity contribution in [3.05, 3.63) is 112 Å². The normalized spacial score (nSPS) is 12.5. The number of aromatic nitrogens is 4. The van der Waals surface area contributed by atoms with Crippen LogP contribution in [0.15, 0.2) is 90.0 Å². The van der Waals surface area contributed by atoms with Crippen molar-refractivity contribution in [1.82, 2.24) is 19.3 Å². The third-order valence-electron chi connectivity index (χ3n) is 6.12. The first kappa shape index (κ1) is 24.0. The zero-order chi connectivity index (χ0) is 26.3. The van der Waals surface area contributed by atoms with Gasteiger partial charge in [-0.1, -0.05) is 6.07 Å². The average molecular weight is 504 g/mol. The average Bonchev–Trinajstić information content (AvgIpc) is 3.27. The number of nitrogens with zero attached hydrogens (tertiary/aromatic N) is 4. The van der Waals surface area contributed by atoms with Gasteiger partial charge in [0.05, 0.1) is 34.1 Å². The van der Waals surface area contributed by atoms with E-state index in [1.165, 1.54) is 39.6 Å². The summed E-state index contributed by atoms with van der Waals surface area (Å²) in [4.78, 5) is 28.9. The zero-order valence-corrected chi connectivity index (χ0v) is 19.3. The number of aromatic carboxylic acids is 1. The molecule has 0 bridgehead atoms. The monoisotopic (exact) mass is 504 g/mol. The van der Waals surface area contributed by atoms with Gasteiger partial charge in [-0.25, -0.2) is 9.48 Å². The summed E-state index contributed by atoms with van der Waals surface area (Å²) < 4.78 is 42.1. The van der Waals surface area contributed by atoms with Crippen molar-refractivity contribution in [3.8, 4) is 16.9 Å². The largest absolute Gasteiger partial charge is 0.478 e. The highest BCUT2D eigenvalue weighted by Gasteiger charge is 2.30. The van der Waals surface area contributed by atoms with Crippen LogP contribution in [0.25, 0.3) is 27.8 Å². The summed E-state index contributed by atoms with van der Waals surface area (Å²) in [5.41, 5.74) is 1.15. The number of rotatable bonds is 5. The fourth-order valence-electron chi connectivity index (χ4n) is 4.17. The number of pyridine rings is 2. The topological polar surface area (TPSA) is 90.0 Å². The summed E-state index contributed by atoms with van der Waals surface area (Å²) in [6, 6.07) is 17.0. The molecule has 5 aromatic rings. The molecule has 0 fully saturated rings. The van der Waals surface area contributed by atoms with Crippen molar-refractivity contribution in [1.29, 1.82) is 0 Å². The third kappa shape index (κ3) is 4.49. The van der Waals surface area contributed by atoms with E-state index >= 15 is 0 Å². The Morgan fingerprint density at radius 2 is 1.76 bits per heavy atom. The molecule has 37 heavy (non-hydrogen) atoms. The van der Waals surface area contributed by atoms with Crippen LogP contribution in [-0.2, 0) is 6.18 Å². The fourth-order valence-corrected chi connectivity index (χ4v) is 4.17. The molecule has 0 amide bonds. The van der Waals surface area contributed by atoms with Gasteiger partial charge in [-0.2, -0.15) is 18.3 Å². The quantitative estimate of drug-likeness (QED) is 0.338. The summed E-state index contributed by atoms with van der Waals surface area (Å²) in [6.07, 6.45) is -1.22. The lowest BCUT2D eigenvalue weighted by molar-refractivity contribution is -0.137. The maximum absolute atomic E-state index is 13.1. The van der Waals surface area contributed by atoms with Crippen LogP contribution in [-0.4, -0.2) is 30.4 Å². The van der Waals surface area contributed by atoms with Gasteiger partial charge < -0.3 is 9.67 Å². The summed E-state index contributed by atoms with van der Waals surface area (Å²) in [7, 11) is 0. The first-order chi connectivity index (χ1) is 17.6. The molecule has 1 N–H and O–H groups in total. The minimum Gasteiger partial charge on any atom is -0.478 e. The van der Waals surface area contributed by atoms with Crippen molar-refractivity contribution in [2.75, 3.05) is 0 Å².